The van der Waals surface area contributed by atoms with Gasteiger partial charge in [-0.05, 0) is 37.9 Å². The van der Waals surface area contributed by atoms with Crippen molar-refractivity contribution in [2.45, 2.75) is 25.3 Å². The largest absolute Gasteiger partial charge is 0.497 e. The first kappa shape index (κ1) is 16.7. The van der Waals surface area contributed by atoms with Crippen molar-refractivity contribution in [3.8, 4) is 5.75 Å². The fraction of sp³-hybridized carbons (Fsp3) is 0.500. The zero-order valence-electron chi connectivity index (χ0n) is 11.4. The molecule has 0 aliphatic carbocycles. The smallest absolute Gasteiger partial charge is 0.254 e. The van der Waals surface area contributed by atoms with Gasteiger partial charge in [-0.3, -0.25) is 4.79 Å². The minimum Gasteiger partial charge on any atom is -0.497 e. The van der Waals surface area contributed by atoms with Crippen LogP contribution in [-0.2, 0) is 0 Å². The van der Waals surface area contributed by atoms with Crippen molar-refractivity contribution >= 4 is 18.3 Å². The molecular weight excluding hydrogens is 283 g/mol. The molecule has 1 aliphatic rings. The van der Waals surface area contributed by atoms with Gasteiger partial charge in [0.05, 0.1) is 12.7 Å². The van der Waals surface area contributed by atoms with Crippen LogP contribution in [0.4, 0.5) is 4.39 Å². The summed E-state index contributed by atoms with van der Waals surface area (Å²) in [6, 6.07) is 4.71. The number of ether oxygens (including phenoxy) is 1. The molecule has 1 aliphatic heterocycles. The van der Waals surface area contributed by atoms with Crippen LogP contribution in [0.2, 0.25) is 0 Å². The van der Waals surface area contributed by atoms with Gasteiger partial charge < -0.3 is 15.4 Å². The molecule has 1 heterocycles. The molecule has 0 aromatic heterocycles. The van der Waals surface area contributed by atoms with Gasteiger partial charge in [0.2, 0.25) is 0 Å². The Kier molecular flexibility index (Phi) is 6.75. The van der Waals surface area contributed by atoms with Gasteiger partial charge in [0, 0.05) is 18.7 Å². The average molecular weight is 303 g/mol. The van der Waals surface area contributed by atoms with Gasteiger partial charge in [0.15, 0.2) is 0 Å². The molecule has 2 rings (SSSR count). The van der Waals surface area contributed by atoms with Gasteiger partial charge in [0.1, 0.15) is 11.6 Å². The average Bonchev–Trinajstić information content (AvgIpc) is 2.91. The van der Waals surface area contributed by atoms with Crippen LogP contribution in [0.25, 0.3) is 0 Å². The van der Waals surface area contributed by atoms with Crippen LogP contribution in [0.1, 0.15) is 29.6 Å². The Morgan fingerprint density at radius 1 is 1.55 bits per heavy atom. The summed E-state index contributed by atoms with van der Waals surface area (Å²) in [5.74, 6) is -0.529. The van der Waals surface area contributed by atoms with Crippen molar-refractivity contribution in [1.82, 2.24) is 10.6 Å². The van der Waals surface area contributed by atoms with E-state index in [2.05, 4.69) is 10.6 Å². The Hall–Kier alpha value is -1.33. The zero-order valence-corrected chi connectivity index (χ0v) is 12.3. The van der Waals surface area contributed by atoms with Crippen molar-refractivity contribution in [3.05, 3.63) is 29.6 Å². The molecule has 1 atom stereocenters. The molecule has 0 saturated carbocycles. The molecule has 0 unspecified atom stereocenters. The monoisotopic (exact) mass is 302 g/mol. The van der Waals surface area contributed by atoms with E-state index in [1.54, 1.807) is 6.07 Å². The lowest BCUT2D eigenvalue weighted by Crippen LogP contribution is -2.31. The predicted octanol–water partition coefficient (Wildman–Crippen LogP) is 2.13. The Balaban J connectivity index is 0.00000200. The number of benzene rings is 1. The molecule has 1 aromatic carbocycles. The SMILES string of the molecule is COc1ccc(C(=O)NCC[C@H]2CCCN2)c(F)c1.Cl. The molecule has 1 amide bonds. The number of amides is 1. The molecule has 1 fully saturated rings. The Bertz CT molecular complexity index is 451. The minimum atomic E-state index is -0.559. The first-order valence-electron chi connectivity index (χ1n) is 6.56. The maximum atomic E-state index is 13.7. The highest BCUT2D eigenvalue weighted by Gasteiger charge is 2.15. The maximum Gasteiger partial charge on any atom is 0.254 e. The Morgan fingerprint density at radius 2 is 2.35 bits per heavy atom. The van der Waals surface area contributed by atoms with Crippen molar-refractivity contribution in [2.24, 2.45) is 0 Å². The van der Waals surface area contributed by atoms with E-state index in [1.807, 2.05) is 0 Å². The first-order valence-corrected chi connectivity index (χ1v) is 6.56. The number of carbonyl (C=O) groups is 1. The highest BCUT2D eigenvalue weighted by molar-refractivity contribution is 5.94. The maximum absolute atomic E-state index is 13.7. The van der Waals surface area contributed by atoms with E-state index in [1.165, 1.54) is 25.7 Å². The normalized spacial score (nSPS) is 17.4. The molecule has 1 aromatic rings. The number of halogens is 2. The third-order valence-corrected chi connectivity index (χ3v) is 3.36. The standard InChI is InChI=1S/C14H19FN2O2.ClH/c1-19-11-4-5-12(13(15)9-11)14(18)17-8-6-10-3-2-7-16-10;/h4-5,9-10,16H,2-3,6-8H2,1H3,(H,17,18);1H/t10-;/m1./s1. The summed E-state index contributed by atoms with van der Waals surface area (Å²) < 4.78 is 18.6. The third-order valence-electron chi connectivity index (χ3n) is 3.36. The van der Waals surface area contributed by atoms with E-state index in [-0.39, 0.29) is 23.9 Å². The lowest BCUT2D eigenvalue weighted by atomic mass is 10.1. The highest BCUT2D eigenvalue weighted by Crippen LogP contribution is 2.16. The van der Waals surface area contributed by atoms with Crippen LogP contribution >= 0.6 is 12.4 Å². The molecular formula is C14H20ClFN2O2. The second-order valence-electron chi connectivity index (χ2n) is 4.68. The quantitative estimate of drug-likeness (QED) is 0.876. The molecule has 2 N–H and O–H groups in total. The Morgan fingerprint density at radius 3 is 2.95 bits per heavy atom. The number of methoxy groups -OCH3 is 1. The number of rotatable bonds is 5. The highest BCUT2D eigenvalue weighted by atomic mass is 35.5. The summed E-state index contributed by atoms with van der Waals surface area (Å²) in [6.45, 7) is 1.60. The number of hydrogen-bond donors (Lipinski definition) is 2. The molecule has 112 valence electrons. The Labute approximate surface area is 124 Å². The van der Waals surface area contributed by atoms with Gasteiger partial charge >= 0.3 is 0 Å². The zero-order chi connectivity index (χ0) is 13.7. The van der Waals surface area contributed by atoms with Crippen LogP contribution in [0.3, 0.4) is 0 Å². The lowest BCUT2D eigenvalue weighted by molar-refractivity contribution is 0.0948. The molecule has 0 spiro atoms. The van der Waals surface area contributed by atoms with E-state index in [4.69, 9.17) is 4.74 Å². The number of nitrogens with one attached hydrogen (secondary N) is 2. The van der Waals surface area contributed by atoms with Crippen molar-refractivity contribution in [3.63, 3.8) is 0 Å². The molecule has 0 radical (unpaired) electrons. The van der Waals surface area contributed by atoms with Crippen LogP contribution < -0.4 is 15.4 Å². The predicted molar refractivity (Wildman–Crippen MR) is 78.2 cm³/mol. The van der Waals surface area contributed by atoms with Crippen LogP contribution in [0.5, 0.6) is 5.75 Å². The summed E-state index contributed by atoms with van der Waals surface area (Å²) in [6.07, 6.45) is 3.21. The van der Waals surface area contributed by atoms with Crippen molar-refractivity contribution in [2.75, 3.05) is 20.2 Å². The second-order valence-corrected chi connectivity index (χ2v) is 4.68. The first-order chi connectivity index (χ1) is 9.20. The van der Waals surface area contributed by atoms with Crippen LogP contribution in [0.15, 0.2) is 18.2 Å². The van der Waals surface area contributed by atoms with E-state index in [0.29, 0.717) is 18.3 Å². The van der Waals surface area contributed by atoms with Gasteiger partial charge in [-0.1, -0.05) is 0 Å². The molecule has 1 saturated heterocycles. The summed E-state index contributed by atoms with van der Waals surface area (Å²) in [7, 11) is 1.46. The fourth-order valence-corrected chi connectivity index (χ4v) is 2.27. The van der Waals surface area contributed by atoms with Crippen molar-refractivity contribution in [1.29, 1.82) is 0 Å². The number of carbonyl (C=O) groups excluding carboxylic acids is 1. The van der Waals surface area contributed by atoms with Gasteiger partial charge in [-0.2, -0.15) is 0 Å². The van der Waals surface area contributed by atoms with E-state index >= 15 is 0 Å². The molecule has 6 heteroatoms. The van der Waals surface area contributed by atoms with E-state index in [9.17, 15) is 9.18 Å². The van der Waals surface area contributed by atoms with E-state index < -0.39 is 5.82 Å². The van der Waals surface area contributed by atoms with Crippen LogP contribution in [0, 0.1) is 5.82 Å². The van der Waals surface area contributed by atoms with Crippen LogP contribution in [-0.4, -0.2) is 32.1 Å². The lowest BCUT2D eigenvalue weighted by Gasteiger charge is -2.11. The van der Waals surface area contributed by atoms with Gasteiger partial charge in [-0.15, -0.1) is 12.4 Å². The summed E-state index contributed by atoms with van der Waals surface area (Å²) in [4.78, 5) is 11.8. The molecule has 4 nitrogen and oxygen atoms in total. The fourth-order valence-electron chi connectivity index (χ4n) is 2.27. The molecule has 20 heavy (non-hydrogen) atoms. The van der Waals surface area contributed by atoms with Gasteiger partial charge in [0.25, 0.3) is 5.91 Å². The van der Waals surface area contributed by atoms with E-state index in [0.717, 1.165) is 19.4 Å². The van der Waals surface area contributed by atoms with Gasteiger partial charge in [-0.25, -0.2) is 4.39 Å². The topological polar surface area (TPSA) is 50.4 Å². The third kappa shape index (κ3) is 4.35. The molecule has 0 bridgehead atoms. The number of hydrogen-bond acceptors (Lipinski definition) is 3. The second kappa shape index (κ2) is 8.07. The summed E-state index contributed by atoms with van der Waals surface area (Å²) >= 11 is 0. The minimum absolute atomic E-state index is 0. The summed E-state index contributed by atoms with van der Waals surface area (Å²) in [5, 5.41) is 6.10. The van der Waals surface area contributed by atoms with Crippen molar-refractivity contribution < 1.29 is 13.9 Å². The summed E-state index contributed by atoms with van der Waals surface area (Å²) in [5.41, 5.74) is 0.0557.